The molecule has 0 saturated carbocycles. The number of amides is 2. The molecule has 8 nitrogen and oxygen atoms in total. The molecule has 3 N–H and O–H groups in total. The van der Waals surface area contributed by atoms with E-state index in [-0.39, 0.29) is 11.6 Å². The van der Waals surface area contributed by atoms with Gasteiger partial charge in [0.1, 0.15) is 6.04 Å². The van der Waals surface area contributed by atoms with Crippen molar-refractivity contribution in [2.24, 2.45) is 0 Å². The Kier molecular flexibility index (Phi) is 4.16. The van der Waals surface area contributed by atoms with Crippen LogP contribution in [0.25, 0.3) is 0 Å². The van der Waals surface area contributed by atoms with E-state index in [0.717, 1.165) is 11.5 Å². The van der Waals surface area contributed by atoms with Crippen molar-refractivity contribution in [3.05, 3.63) is 0 Å². The highest BCUT2D eigenvalue weighted by molar-refractivity contribution is 7.09. The van der Waals surface area contributed by atoms with Crippen molar-refractivity contribution >= 4 is 28.7 Å². The Morgan fingerprint density at radius 3 is 2.88 bits per heavy atom. The first-order chi connectivity index (χ1) is 7.63. The van der Waals surface area contributed by atoms with Crippen LogP contribution in [0.2, 0.25) is 0 Å². The fraction of sp³-hybridized carbons (Fsp3) is 0.286. The third kappa shape index (κ3) is 3.50. The van der Waals surface area contributed by atoms with Gasteiger partial charge in [0.2, 0.25) is 5.13 Å². The van der Waals surface area contributed by atoms with Gasteiger partial charge < -0.3 is 10.4 Å². The van der Waals surface area contributed by atoms with E-state index < -0.39 is 18.0 Å². The van der Waals surface area contributed by atoms with E-state index in [4.69, 9.17) is 11.5 Å². The van der Waals surface area contributed by atoms with Gasteiger partial charge in [-0.15, -0.1) is 12.3 Å². The third-order valence-corrected chi connectivity index (χ3v) is 1.96. The van der Waals surface area contributed by atoms with Crippen molar-refractivity contribution in [3.8, 4) is 12.3 Å². The molecule has 2 amide bonds. The number of aromatic nitrogens is 3. The van der Waals surface area contributed by atoms with Crippen LogP contribution < -0.4 is 10.6 Å². The number of hydrogen-bond donors (Lipinski definition) is 3. The number of urea groups is 1. The summed E-state index contributed by atoms with van der Waals surface area (Å²) in [5.74, 6) is 0.947. The predicted molar refractivity (Wildman–Crippen MR) is 54.7 cm³/mol. The number of rotatable bonds is 4. The van der Waals surface area contributed by atoms with Gasteiger partial charge in [-0.2, -0.15) is 0 Å². The molecule has 0 aliphatic rings. The number of anilines is 1. The molecule has 0 fully saturated rings. The fourth-order valence-electron chi connectivity index (χ4n) is 0.791. The molecule has 0 bridgehead atoms. The quantitative estimate of drug-likeness (QED) is 0.613. The van der Waals surface area contributed by atoms with Gasteiger partial charge in [0, 0.05) is 18.0 Å². The van der Waals surface area contributed by atoms with E-state index >= 15 is 0 Å². The van der Waals surface area contributed by atoms with Gasteiger partial charge in [-0.1, -0.05) is 9.59 Å². The smallest absolute Gasteiger partial charge is 0.327 e. The highest BCUT2D eigenvalue weighted by Crippen LogP contribution is 2.04. The normalized spacial score (nSPS) is 11.2. The molecular formula is C7H7N5O3S. The van der Waals surface area contributed by atoms with Crippen LogP contribution in [0.4, 0.5) is 9.93 Å². The van der Waals surface area contributed by atoms with Gasteiger partial charge in [-0.25, -0.2) is 9.59 Å². The van der Waals surface area contributed by atoms with Crippen LogP contribution >= 0.6 is 11.5 Å². The molecule has 1 aromatic rings. The van der Waals surface area contributed by atoms with E-state index in [2.05, 4.69) is 31.4 Å². The molecule has 0 radical (unpaired) electrons. The van der Waals surface area contributed by atoms with Gasteiger partial charge in [-0.05, 0) is 5.21 Å². The summed E-state index contributed by atoms with van der Waals surface area (Å²) in [5.41, 5.74) is 0. The monoisotopic (exact) mass is 241 g/mol. The number of carboxylic acids is 1. The van der Waals surface area contributed by atoms with Crippen molar-refractivity contribution in [1.29, 1.82) is 0 Å². The van der Waals surface area contributed by atoms with Crippen LogP contribution in [0.1, 0.15) is 6.42 Å². The number of hydrogen-bond acceptors (Lipinski definition) is 6. The number of aliphatic carboxylic acids is 1. The molecule has 84 valence electrons. The topological polar surface area (TPSA) is 117 Å². The second-order valence-electron chi connectivity index (χ2n) is 2.57. The van der Waals surface area contributed by atoms with Crippen molar-refractivity contribution < 1.29 is 14.7 Å². The number of nitrogens with zero attached hydrogens (tertiary/aromatic N) is 3. The Balaban J connectivity index is 2.49. The second-order valence-corrected chi connectivity index (χ2v) is 3.30. The van der Waals surface area contributed by atoms with Crippen LogP contribution in [-0.4, -0.2) is 37.9 Å². The maximum Gasteiger partial charge on any atom is 0.327 e. The van der Waals surface area contributed by atoms with E-state index in [0.29, 0.717) is 0 Å². The molecule has 1 heterocycles. The molecule has 1 rings (SSSR count). The standard InChI is InChI=1S/C7H7N5O3S/c1-2-3-4(5(13)14)8-6(15)9-7-10-11-12-16-7/h1,4H,3H2,(H,13,14)(H2,8,9,10,12,15). The molecule has 1 atom stereocenters. The van der Waals surface area contributed by atoms with Gasteiger partial charge in [-0.3, -0.25) is 5.32 Å². The molecule has 0 aliphatic carbocycles. The molecule has 0 saturated heterocycles. The summed E-state index contributed by atoms with van der Waals surface area (Å²) in [4.78, 5) is 21.9. The minimum atomic E-state index is -1.21. The summed E-state index contributed by atoms with van der Waals surface area (Å²) in [6.45, 7) is 0. The molecule has 1 aromatic heterocycles. The van der Waals surface area contributed by atoms with E-state index in [1.807, 2.05) is 0 Å². The molecule has 9 heteroatoms. The first kappa shape index (κ1) is 11.9. The molecule has 0 aliphatic heterocycles. The Bertz CT molecular complexity index is 412. The summed E-state index contributed by atoms with van der Waals surface area (Å²) in [6.07, 6.45) is 4.86. The Labute approximate surface area is 94.2 Å². The SMILES string of the molecule is C#CCC(NC(=O)Nc1nnns1)C(=O)O. The summed E-state index contributed by atoms with van der Waals surface area (Å²) in [7, 11) is 0. The zero-order valence-electron chi connectivity index (χ0n) is 7.88. The average Bonchev–Trinajstić information content (AvgIpc) is 2.69. The lowest BCUT2D eigenvalue weighted by Crippen LogP contribution is -2.42. The van der Waals surface area contributed by atoms with E-state index in [9.17, 15) is 9.59 Å². The first-order valence-electron chi connectivity index (χ1n) is 4.02. The summed E-state index contributed by atoms with van der Waals surface area (Å²) >= 11 is 0.868. The average molecular weight is 241 g/mol. The van der Waals surface area contributed by atoms with Gasteiger partial charge >= 0.3 is 12.0 Å². The summed E-state index contributed by atoms with van der Waals surface area (Å²) in [6, 6.07) is -1.85. The summed E-state index contributed by atoms with van der Waals surface area (Å²) in [5, 5.41) is 20.0. The fourth-order valence-corrected chi connectivity index (χ4v) is 1.15. The van der Waals surface area contributed by atoms with Crippen LogP contribution in [0.3, 0.4) is 0 Å². The number of carbonyl (C=O) groups excluding carboxylic acids is 1. The highest BCUT2D eigenvalue weighted by atomic mass is 32.1. The predicted octanol–water partition coefficient (Wildman–Crippen LogP) is -0.469. The van der Waals surface area contributed by atoms with Crippen molar-refractivity contribution in [2.45, 2.75) is 12.5 Å². The Hall–Kier alpha value is -2.21. The van der Waals surface area contributed by atoms with Gasteiger partial charge in [0.15, 0.2) is 0 Å². The lowest BCUT2D eigenvalue weighted by atomic mass is 10.2. The third-order valence-electron chi connectivity index (χ3n) is 1.45. The Morgan fingerprint density at radius 2 is 2.38 bits per heavy atom. The Morgan fingerprint density at radius 1 is 1.62 bits per heavy atom. The summed E-state index contributed by atoms with van der Waals surface area (Å²) < 4.78 is 3.42. The van der Waals surface area contributed by atoms with Crippen LogP contribution in [-0.2, 0) is 4.79 Å². The van der Waals surface area contributed by atoms with Gasteiger partial charge in [0.25, 0.3) is 0 Å². The molecule has 16 heavy (non-hydrogen) atoms. The zero-order valence-corrected chi connectivity index (χ0v) is 8.69. The van der Waals surface area contributed by atoms with Crippen molar-refractivity contribution in [1.82, 2.24) is 20.1 Å². The number of carboxylic acid groups (broad SMARTS) is 1. The lowest BCUT2D eigenvalue weighted by molar-refractivity contribution is -0.139. The maximum atomic E-state index is 11.3. The van der Waals surface area contributed by atoms with Crippen molar-refractivity contribution in [2.75, 3.05) is 5.32 Å². The maximum absolute atomic E-state index is 11.3. The highest BCUT2D eigenvalue weighted by Gasteiger charge is 2.19. The first-order valence-corrected chi connectivity index (χ1v) is 4.79. The minimum Gasteiger partial charge on any atom is -0.480 e. The molecule has 0 aromatic carbocycles. The minimum absolute atomic E-state index is 0.100. The molecular weight excluding hydrogens is 234 g/mol. The number of nitrogens with one attached hydrogen (secondary N) is 2. The number of terminal acetylenes is 1. The van der Waals surface area contributed by atoms with Crippen molar-refractivity contribution in [3.63, 3.8) is 0 Å². The number of carbonyl (C=O) groups is 2. The largest absolute Gasteiger partial charge is 0.480 e. The van der Waals surface area contributed by atoms with Crippen LogP contribution in [0.15, 0.2) is 0 Å². The lowest BCUT2D eigenvalue weighted by Gasteiger charge is -2.10. The molecule has 0 spiro atoms. The van der Waals surface area contributed by atoms with Crippen LogP contribution in [0.5, 0.6) is 0 Å². The van der Waals surface area contributed by atoms with Crippen LogP contribution in [0, 0.1) is 12.3 Å². The second kappa shape index (κ2) is 5.62. The molecule has 1 unspecified atom stereocenters. The van der Waals surface area contributed by atoms with E-state index in [1.165, 1.54) is 0 Å². The van der Waals surface area contributed by atoms with E-state index in [1.54, 1.807) is 0 Å². The zero-order chi connectivity index (χ0) is 12.0. The van der Waals surface area contributed by atoms with Gasteiger partial charge in [0.05, 0.1) is 0 Å².